The standard InChI is InChI=1S/C17H19NO.ClH/c18-17(13-5-4-6-13)14-9-11-16(12-10-14)19-15-7-2-1-3-8-15;/h1-3,7-13,17H,4-6,18H2;1H/t17-;/m1./s1. The molecule has 1 aliphatic carbocycles. The van der Waals surface area contributed by atoms with Crippen molar-refractivity contribution in [3.63, 3.8) is 0 Å². The molecule has 2 aromatic carbocycles. The van der Waals surface area contributed by atoms with Crippen LogP contribution in [0, 0.1) is 5.92 Å². The largest absolute Gasteiger partial charge is 0.457 e. The summed E-state index contributed by atoms with van der Waals surface area (Å²) in [7, 11) is 0. The predicted molar refractivity (Wildman–Crippen MR) is 84.5 cm³/mol. The number of nitrogens with two attached hydrogens (primary N) is 1. The van der Waals surface area contributed by atoms with Gasteiger partial charge >= 0.3 is 0 Å². The molecule has 0 aliphatic heterocycles. The molecule has 0 saturated heterocycles. The summed E-state index contributed by atoms with van der Waals surface area (Å²) < 4.78 is 5.77. The maximum absolute atomic E-state index is 6.26. The second-order valence-electron chi connectivity index (χ2n) is 5.20. The Morgan fingerprint density at radius 1 is 0.900 bits per heavy atom. The lowest BCUT2D eigenvalue weighted by molar-refractivity contribution is 0.264. The van der Waals surface area contributed by atoms with E-state index in [-0.39, 0.29) is 18.4 Å². The van der Waals surface area contributed by atoms with E-state index in [0.29, 0.717) is 5.92 Å². The molecular formula is C17H20ClNO. The molecule has 1 aliphatic rings. The van der Waals surface area contributed by atoms with Gasteiger partial charge in [-0.05, 0) is 48.6 Å². The molecule has 0 aromatic heterocycles. The highest BCUT2D eigenvalue weighted by Gasteiger charge is 2.25. The van der Waals surface area contributed by atoms with Crippen LogP contribution < -0.4 is 10.5 Å². The molecule has 2 aromatic rings. The van der Waals surface area contributed by atoms with Crippen LogP contribution in [0.2, 0.25) is 0 Å². The van der Waals surface area contributed by atoms with Gasteiger partial charge in [0.05, 0.1) is 0 Å². The van der Waals surface area contributed by atoms with Crippen LogP contribution in [0.1, 0.15) is 30.9 Å². The molecule has 2 N–H and O–H groups in total. The summed E-state index contributed by atoms with van der Waals surface area (Å²) in [4.78, 5) is 0. The van der Waals surface area contributed by atoms with E-state index in [9.17, 15) is 0 Å². The average molecular weight is 290 g/mol. The molecule has 0 spiro atoms. The summed E-state index contributed by atoms with van der Waals surface area (Å²) >= 11 is 0. The quantitative estimate of drug-likeness (QED) is 0.885. The molecule has 1 saturated carbocycles. The normalized spacial score (nSPS) is 15.8. The zero-order chi connectivity index (χ0) is 13.1. The summed E-state index contributed by atoms with van der Waals surface area (Å²) in [6, 6.07) is 18.2. The van der Waals surface area contributed by atoms with Crippen LogP contribution in [0.15, 0.2) is 54.6 Å². The lowest BCUT2D eigenvalue weighted by Gasteiger charge is -2.31. The highest BCUT2D eigenvalue weighted by Crippen LogP contribution is 2.36. The van der Waals surface area contributed by atoms with Gasteiger partial charge in [0, 0.05) is 6.04 Å². The minimum Gasteiger partial charge on any atom is -0.457 e. The third kappa shape index (κ3) is 3.33. The number of rotatable bonds is 4. The molecule has 0 unspecified atom stereocenters. The first kappa shape index (κ1) is 14.9. The van der Waals surface area contributed by atoms with Crippen molar-refractivity contribution in [2.24, 2.45) is 11.7 Å². The molecule has 0 radical (unpaired) electrons. The van der Waals surface area contributed by atoms with Gasteiger partial charge in [0.15, 0.2) is 0 Å². The molecule has 20 heavy (non-hydrogen) atoms. The van der Waals surface area contributed by atoms with Crippen LogP contribution in [0.4, 0.5) is 0 Å². The van der Waals surface area contributed by atoms with E-state index in [1.165, 1.54) is 24.8 Å². The number of para-hydroxylation sites is 1. The van der Waals surface area contributed by atoms with Crippen LogP contribution >= 0.6 is 12.4 Å². The van der Waals surface area contributed by atoms with Gasteiger partial charge in [0.2, 0.25) is 0 Å². The Balaban J connectivity index is 0.00000147. The zero-order valence-corrected chi connectivity index (χ0v) is 12.2. The van der Waals surface area contributed by atoms with Crippen molar-refractivity contribution >= 4 is 12.4 Å². The number of hydrogen-bond donors (Lipinski definition) is 1. The lowest BCUT2D eigenvalue weighted by Crippen LogP contribution is -2.26. The molecule has 1 fully saturated rings. The topological polar surface area (TPSA) is 35.2 Å². The third-order valence-electron chi connectivity index (χ3n) is 3.90. The van der Waals surface area contributed by atoms with Crippen LogP contribution in [0.3, 0.4) is 0 Å². The van der Waals surface area contributed by atoms with Gasteiger partial charge < -0.3 is 10.5 Å². The molecule has 2 nitrogen and oxygen atoms in total. The van der Waals surface area contributed by atoms with E-state index >= 15 is 0 Å². The summed E-state index contributed by atoms with van der Waals surface area (Å²) in [5, 5.41) is 0. The van der Waals surface area contributed by atoms with E-state index in [0.717, 1.165) is 11.5 Å². The van der Waals surface area contributed by atoms with Crippen LogP contribution in [0.5, 0.6) is 11.5 Å². The zero-order valence-electron chi connectivity index (χ0n) is 11.4. The predicted octanol–water partition coefficient (Wildman–Crippen LogP) is 4.70. The smallest absolute Gasteiger partial charge is 0.127 e. The summed E-state index contributed by atoms with van der Waals surface area (Å²) in [6.07, 6.45) is 3.86. The Morgan fingerprint density at radius 3 is 2.05 bits per heavy atom. The molecule has 106 valence electrons. The fraction of sp³-hybridized carbons (Fsp3) is 0.294. The van der Waals surface area contributed by atoms with Gasteiger partial charge in [0.1, 0.15) is 11.5 Å². The van der Waals surface area contributed by atoms with Crippen molar-refractivity contribution in [2.75, 3.05) is 0 Å². The number of ether oxygens (including phenoxy) is 1. The van der Waals surface area contributed by atoms with Gasteiger partial charge in [0.25, 0.3) is 0 Å². The number of halogens is 1. The monoisotopic (exact) mass is 289 g/mol. The Bertz CT molecular complexity index is 522. The summed E-state index contributed by atoms with van der Waals surface area (Å²) in [5.41, 5.74) is 7.48. The Morgan fingerprint density at radius 2 is 1.50 bits per heavy atom. The summed E-state index contributed by atoms with van der Waals surface area (Å²) in [5.74, 6) is 2.38. The molecule has 3 rings (SSSR count). The number of hydrogen-bond acceptors (Lipinski definition) is 2. The van der Waals surface area contributed by atoms with E-state index in [1.54, 1.807) is 0 Å². The van der Waals surface area contributed by atoms with E-state index in [2.05, 4.69) is 12.1 Å². The third-order valence-corrected chi connectivity index (χ3v) is 3.90. The van der Waals surface area contributed by atoms with E-state index in [4.69, 9.17) is 10.5 Å². The molecule has 0 bridgehead atoms. The first-order chi connectivity index (χ1) is 9.33. The van der Waals surface area contributed by atoms with Crippen molar-refractivity contribution in [1.82, 2.24) is 0 Å². The molecule has 0 amide bonds. The first-order valence-corrected chi connectivity index (χ1v) is 6.91. The first-order valence-electron chi connectivity index (χ1n) is 6.91. The molecule has 0 heterocycles. The maximum Gasteiger partial charge on any atom is 0.127 e. The highest BCUT2D eigenvalue weighted by atomic mass is 35.5. The van der Waals surface area contributed by atoms with Crippen molar-refractivity contribution in [1.29, 1.82) is 0 Å². The lowest BCUT2D eigenvalue weighted by atomic mass is 9.78. The Labute approximate surface area is 126 Å². The van der Waals surface area contributed by atoms with Gasteiger partial charge in [-0.3, -0.25) is 0 Å². The van der Waals surface area contributed by atoms with Crippen molar-refractivity contribution in [2.45, 2.75) is 25.3 Å². The number of benzene rings is 2. The van der Waals surface area contributed by atoms with Crippen molar-refractivity contribution in [3.8, 4) is 11.5 Å². The van der Waals surface area contributed by atoms with Gasteiger partial charge in [-0.25, -0.2) is 0 Å². The molecular weight excluding hydrogens is 270 g/mol. The van der Waals surface area contributed by atoms with Gasteiger partial charge in [-0.2, -0.15) is 0 Å². The summed E-state index contributed by atoms with van der Waals surface area (Å²) in [6.45, 7) is 0. The minimum absolute atomic E-state index is 0. The average Bonchev–Trinajstić information content (AvgIpc) is 2.39. The molecule has 3 heteroatoms. The van der Waals surface area contributed by atoms with Crippen LogP contribution in [-0.2, 0) is 0 Å². The van der Waals surface area contributed by atoms with E-state index < -0.39 is 0 Å². The Hall–Kier alpha value is -1.51. The molecule has 1 atom stereocenters. The van der Waals surface area contributed by atoms with Crippen molar-refractivity contribution in [3.05, 3.63) is 60.2 Å². The van der Waals surface area contributed by atoms with Crippen LogP contribution in [-0.4, -0.2) is 0 Å². The maximum atomic E-state index is 6.26. The fourth-order valence-corrected chi connectivity index (χ4v) is 2.45. The minimum atomic E-state index is 0. The Kier molecular flexibility index (Phi) is 5.05. The van der Waals surface area contributed by atoms with Crippen LogP contribution in [0.25, 0.3) is 0 Å². The van der Waals surface area contributed by atoms with Crippen molar-refractivity contribution < 1.29 is 4.74 Å². The highest BCUT2D eigenvalue weighted by molar-refractivity contribution is 5.85. The SMILES string of the molecule is Cl.N[C@@H](c1ccc(Oc2ccccc2)cc1)C1CCC1. The van der Waals surface area contributed by atoms with Gasteiger partial charge in [-0.1, -0.05) is 36.8 Å². The second kappa shape index (κ2) is 6.78. The second-order valence-corrected chi connectivity index (χ2v) is 5.20. The fourth-order valence-electron chi connectivity index (χ4n) is 2.45. The van der Waals surface area contributed by atoms with E-state index in [1.807, 2.05) is 42.5 Å². The van der Waals surface area contributed by atoms with Gasteiger partial charge in [-0.15, -0.1) is 12.4 Å².